The van der Waals surface area contributed by atoms with Crippen LogP contribution in [0.5, 0.6) is 0 Å². The van der Waals surface area contributed by atoms with Gasteiger partial charge in [-0.2, -0.15) is 13.2 Å². The second kappa shape index (κ2) is 6.55. The van der Waals surface area contributed by atoms with Gasteiger partial charge in [0.15, 0.2) is 0 Å². The summed E-state index contributed by atoms with van der Waals surface area (Å²) in [4.78, 5) is 0. The molecule has 2 N–H and O–H groups in total. The molecular weight excluding hydrogens is 317 g/mol. The first kappa shape index (κ1) is 17.2. The number of alkyl halides is 3. The summed E-state index contributed by atoms with van der Waals surface area (Å²) < 4.78 is 65.0. The average Bonchev–Trinajstić information content (AvgIpc) is 2.46. The highest BCUT2D eigenvalue weighted by Gasteiger charge is 2.35. The van der Waals surface area contributed by atoms with Crippen LogP contribution in [0.25, 0.3) is 0 Å². The number of hydrogen-bond acceptors (Lipinski definition) is 3. The SMILES string of the molecule is NCC1CCCN(S(=O)(=O)Cc2ccccc2C(F)(F)F)C1. The Morgan fingerprint density at radius 2 is 1.95 bits per heavy atom. The maximum Gasteiger partial charge on any atom is 0.416 e. The third-order valence-corrected chi connectivity index (χ3v) is 5.66. The third kappa shape index (κ3) is 3.99. The number of halogens is 3. The molecule has 1 fully saturated rings. The van der Waals surface area contributed by atoms with Crippen molar-refractivity contribution in [3.05, 3.63) is 35.4 Å². The lowest BCUT2D eigenvalue weighted by molar-refractivity contribution is -0.138. The Hall–Kier alpha value is -1.12. The van der Waals surface area contributed by atoms with Gasteiger partial charge in [-0.25, -0.2) is 12.7 Å². The lowest BCUT2D eigenvalue weighted by Crippen LogP contribution is -2.42. The van der Waals surface area contributed by atoms with Gasteiger partial charge in [0.1, 0.15) is 0 Å². The zero-order valence-corrected chi connectivity index (χ0v) is 12.8. The van der Waals surface area contributed by atoms with E-state index >= 15 is 0 Å². The van der Waals surface area contributed by atoms with Crippen LogP contribution >= 0.6 is 0 Å². The van der Waals surface area contributed by atoms with Gasteiger partial charge in [0, 0.05) is 13.1 Å². The maximum absolute atomic E-state index is 13.0. The number of sulfonamides is 1. The molecule has 1 heterocycles. The summed E-state index contributed by atoms with van der Waals surface area (Å²) >= 11 is 0. The van der Waals surface area contributed by atoms with E-state index in [1.165, 1.54) is 22.5 Å². The molecular formula is C14H19F3N2O2S. The fourth-order valence-electron chi connectivity index (χ4n) is 2.68. The summed E-state index contributed by atoms with van der Waals surface area (Å²) in [5.74, 6) is -0.568. The Bertz CT molecular complexity index is 617. The largest absolute Gasteiger partial charge is 0.416 e. The number of benzene rings is 1. The summed E-state index contributed by atoms with van der Waals surface area (Å²) in [5, 5.41) is 0. The van der Waals surface area contributed by atoms with Gasteiger partial charge in [0.25, 0.3) is 0 Å². The molecule has 0 aromatic heterocycles. The third-order valence-electron chi connectivity index (χ3n) is 3.87. The zero-order valence-electron chi connectivity index (χ0n) is 12.0. The van der Waals surface area contributed by atoms with Crippen LogP contribution in [0.4, 0.5) is 13.2 Å². The molecule has 1 aliphatic rings. The average molecular weight is 336 g/mol. The van der Waals surface area contributed by atoms with Crippen LogP contribution in [0.15, 0.2) is 24.3 Å². The van der Waals surface area contributed by atoms with Crippen molar-refractivity contribution in [3.8, 4) is 0 Å². The van der Waals surface area contributed by atoms with E-state index in [1.807, 2.05) is 0 Å². The van der Waals surface area contributed by atoms with Crippen LogP contribution in [-0.2, 0) is 22.0 Å². The number of piperidine rings is 1. The molecule has 0 aliphatic carbocycles. The lowest BCUT2D eigenvalue weighted by Gasteiger charge is -2.31. The molecule has 124 valence electrons. The summed E-state index contributed by atoms with van der Waals surface area (Å²) in [5.41, 5.74) is 4.46. The summed E-state index contributed by atoms with van der Waals surface area (Å²) in [6.07, 6.45) is -3.03. The first-order valence-corrected chi connectivity index (χ1v) is 8.68. The van der Waals surface area contributed by atoms with Crippen molar-refractivity contribution in [1.29, 1.82) is 0 Å². The van der Waals surface area contributed by atoms with Crippen molar-refractivity contribution in [2.24, 2.45) is 11.7 Å². The van der Waals surface area contributed by atoms with Crippen LogP contribution in [0.3, 0.4) is 0 Å². The Morgan fingerprint density at radius 3 is 2.59 bits per heavy atom. The highest BCUT2D eigenvalue weighted by Crippen LogP contribution is 2.33. The predicted molar refractivity (Wildman–Crippen MR) is 77.4 cm³/mol. The van der Waals surface area contributed by atoms with E-state index in [1.54, 1.807) is 0 Å². The van der Waals surface area contributed by atoms with Crippen molar-refractivity contribution in [2.45, 2.75) is 24.8 Å². The maximum atomic E-state index is 13.0. The smallest absolute Gasteiger partial charge is 0.330 e. The molecule has 2 rings (SSSR count). The van der Waals surface area contributed by atoms with Crippen molar-refractivity contribution in [3.63, 3.8) is 0 Å². The fourth-order valence-corrected chi connectivity index (χ4v) is 4.35. The molecule has 1 atom stereocenters. The summed E-state index contributed by atoms with van der Waals surface area (Å²) in [6, 6.07) is 4.79. The van der Waals surface area contributed by atoms with Crippen LogP contribution in [0, 0.1) is 5.92 Å². The summed E-state index contributed by atoms with van der Waals surface area (Å²) in [6.45, 7) is 1.01. The standard InChI is InChI=1S/C14H19F3N2O2S/c15-14(16,17)13-6-2-1-5-12(13)10-22(20,21)19-7-3-4-11(8-18)9-19/h1-2,5-6,11H,3-4,7-10,18H2. The van der Waals surface area contributed by atoms with Gasteiger partial charge in [0.05, 0.1) is 11.3 Å². The van der Waals surface area contributed by atoms with E-state index in [0.29, 0.717) is 19.5 Å². The number of rotatable bonds is 4. The lowest BCUT2D eigenvalue weighted by atomic mass is 10.0. The Balaban J connectivity index is 2.23. The van der Waals surface area contributed by atoms with E-state index < -0.39 is 27.5 Å². The number of nitrogens with zero attached hydrogens (tertiary/aromatic N) is 1. The molecule has 1 aromatic carbocycles. The minimum atomic E-state index is -4.56. The first-order valence-electron chi connectivity index (χ1n) is 7.07. The van der Waals surface area contributed by atoms with Crippen molar-refractivity contribution < 1.29 is 21.6 Å². The molecule has 1 unspecified atom stereocenters. The molecule has 22 heavy (non-hydrogen) atoms. The van der Waals surface area contributed by atoms with Crippen molar-refractivity contribution in [2.75, 3.05) is 19.6 Å². The molecule has 0 radical (unpaired) electrons. The minimum Gasteiger partial charge on any atom is -0.330 e. The topological polar surface area (TPSA) is 63.4 Å². The Morgan fingerprint density at radius 1 is 1.27 bits per heavy atom. The van der Waals surface area contributed by atoms with Gasteiger partial charge in [-0.15, -0.1) is 0 Å². The molecule has 1 aliphatic heterocycles. The molecule has 4 nitrogen and oxygen atoms in total. The Kier molecular flexibility index (Phi) is 5.14. The number of nitrogens with two attached hydrogens (primary N) is 1. The molecule has 0 saturated carbocycles. The highest BCUT2D eigenvalue weighted by atomic mass is 32.2. The quantitative estimate of drug-likeness (QED) is 0.917. The van der Waals surface area contributed by atoms with Gasteiger partial charge in [-0.1, -0.05) is 18.2 Å². The second-order valence-electron chi connectivity index (χ2n) is 5.51. The second-order valence-corrected chi connectivity index (χ2v) is 7.48. The molecule has 1 aromatic rings. The normalized spacial score (nSPS) is 21.0. The fraction of sp³-hybridized carbons (Fsp3) is 0.571. The van der Waals surface area contributed by atoms with E-state index in [9.17, 15) is 21.6 Å². The van der Waals surface area contributed by atoms with E-state index in [0.717, 1.165) is 12.5 Å². The predicted octanol–water partition coefficient (Wildman–Crippen LogP) is 2.21. The monoisotopic (exact) mass is 336 g/mol. The number of hydrogen-bond donors (Lipinski definition) is 1. The van der Waals surface area contributed by atoms with Crippen molar-refractivity contribution in [1.82, 2.24) is 4.31 Å². The Labute approximate surface area is 128 Å². The molecule has 0 amide bonds. The zero-order chi connectivity index (χ0) is 16.4. The van der Waals surface area contributed by atoms with Crippen molar-refractivity contribution >= 4 is 10.0 Å². The molecule has 8 heteroatoms. The van der Waals surface area contributed by atoms with Gasteiger partial charge >= 0.3 is 6.18 Å². The van der Waals surface area contributed by atoms with E-state index in [2.05, 4.69) is 0 Å². The van der Waals surface area contributed by atoms with Crippen LogP contribution < -0.4 is 5.73 Å². The van der Waals surface area contributed by atoms with Gasteiger partial charge in [-0.3, -0.25) is 0 Å². The van der Waals surface area contributed by atoms with Gasteiger partial charge in [-0.05, 0) is 36.9 Å². The minimum absolute atomic E-state index is 0.0707. The molecule has 0 spiro atoms. The van der Waals surface area contributed by atoms with Gasteiger partial charge in [0.2, 0.25) is 10.0 Å². The van der Waals surface area contributed by atoms with Gasteiger partial charge < -0.3 is 5.73 Å². The van der Waals surface area contributed by atoms with E-state index in [-0.39, 0.29) is 18.0 Å². The molecule has 1 saturated heterocycles. The van der Waals surface area contributed by atoms with Crippen LogP contribution in [0.1, 0.15) is 24.0 Å². The van der Waals surface area contributed by atoms with E-state index in [4.69, 9.17) is 5.73 Å². The molecule has 0 bridgehead atoms. The summed E-state index contributed by atoms with van der Waals surface area (Å²) in [7, 11) is -3.78. The van der Waals surface area contributed by atoms with Crippen LogP contribution in [0.2, 0.25) is 0 Å². The highest BCUT2D eigenvalue weighted by molar-refractivity contribution is 7.88. The first-order chi connectivity index (χ1) is 10.2. The van der Waals surface area contributed by atoms with Crippen LogP contribution in [-0.4, -0.2) is 32.4 Å².